The Bertz CT molecular complexity index is 1210. The zero-order valence-corrected chi connectivity index (χ0v) is 17.3. The van der Waals surface area contributed by atoms with Crippen molar-refractivity contribution in [1.29, 1.82) is 0 Å². The Labute approximate surface area is 176 Å². The van der Waals surface area contributed by atoms with Crippen LogP contribution in [0.1, 0.15) is 66.1 Å². The van der Waals surface area contributed by atoms with Crippen molar-refractivity contribution in [3.05, 3.63) is 63.5 Å². The highest BCUT2D eigenvalue weighted by atomic mass is 19.4. The molecule has 0 N–H and O–H groups in total. The standard InChI is InChI=1S/C21H22F3N5O2/c1-12(2)14-9-17(21(22,23)24)29-18(25-14)10-15(26-29)16-5-4-8-28(16)20(31)13-6-7-19(30)27(3)11-13/h6-7,9-12,16H,4-5,8H2,1-3H3/t16-/m1/s1. The highest BCUT2D eigenvalue weighted by molar-refractivity contribution is 5.94. The molecule has 1 atom stereocenters. The molecule has 3 aromatic rings. The van der Waals surface area contributed by atoms with E-state index in [4.69, 9.17) is 0 Å². The first-order valence-corrected chi connectivity index (χ1v) is 10.0. The lowest BCUT2D eigenvalue weighted by Crippen LogP contribution is -2.32. The number of aryl methyl sites for hydroxylation is 1. The second-order valence-corrected chi connectivity index (χ2v) is 8.08. The third-order valence-corrected chi connectivity index (χ3v) is 5.54. The van der Waals surface area contributed by atoms with E-state index in [2.05, 4.69) is 10.1 Å². The van der Waals surface area contributed by atoms with Gasteiger partial charge in [0.05, 0.1) is 17.3 Å². The summed E-state index contributed by atoms with van der Waals surface area (Å²) in [7, 11) is 1.55. The number of nitrogens with zero attached hydrogens (tertiary/aromatic N) is 5. The number of aromatic nitrogens is 4. The van der Waals surface area contributed by atoms with Crippen molar-refractivity contribution in [3.8, 4) is 0 Å². The summed E-state index contributed by atoms with van der Waals surface area (Å²) in [6, 6.07) is 4.86. The molecule has 0 spiro atoms. The van der Waals surface area contributed by atoms with Crippen LogP contribution in [0.25, 0.3) is 5.65 Å². The van der Waals surface area contributed by atoms with Crippen molar-refractivity contribution >= 4 is 11.6 Å². The molecule has 1 aliphatic rings. The fourth-order valence-corrected chi connectivity index (χ4v) is 3.88. The molecule has 4 heterocycles. The first kappa shape index (κ1) is 21.1. The van der Waals surface area contributed by atoms with Gasteiger partial charge in [0.2, 0.25) is 5.56 Å². The van der Waals surface area contributed by atoms with E-state index in [1.165, 1.54) is 29.0 Å². The van der Waals surface area contributed by atoms with Gasteiger partial charge in [0, 0.05) is 37.6 Å². The number of rotatable bonds is 3. The van der Waals surface area contributed by atoms with Gasteiger partial charge in [-0.2, -0.15) is 18.3 Å². The molecule has 164 valence electrons. The van der Waals surface area contributed by atoms with Gasteiger partial charge in [-0.3, -0.25) is 9.59 Å². The molecule has 0 bridgehead atoms. The summed E-state index contributed by atoms with van der Waals surface area (Å²) in [6.45, 7) is 4.01. The third-order valence-electron chi connectivity index (χ3n) is 5.54. The molecule has 7 nitrogen and oxygen atoms in total. The van der Waals surface area contributed by atoms with Crippen LogP contribution in [-0.2, 0) is 13.2 Å². The Morgan fingerprint density at radius 2 is 1.97 bits per heavy atom. The predicted molar refractivity (Wildman–Crippen MR) is 107 cm³/mol. The summed E-state index contributed by atoms with van der Waals surface area (Å²) >= 11 is 0. The SMILES string of the molecule is CC(C)c1cc(C(F)(F)F)n2nc([C@H]3CCCN3C(=O)c3ccc(=O)n(C)c3)cc2n1. The lowest BCUT2D eigenvalue weighted by Gasteiger charge is -2.23. The molecule has 10 heteroatoms. The summed E-state index contributed by atoms with van der Waals surface area (Å²) in [4.78, 5) is 30.6. The number of alkyl halides is 3. The van der Waals surface area contributed by atoms with Crippen LogP contribution in [0.15, 0.2) is 35.3 Å². The topological polar surface area (TPSA) is 72.5 Å². The van der Waals surface area contributed by atoms with E-state index in [1.807, 2.05) is 0 Å². The number of carbonyl (C=O) groups excluding carboxylic acids is 1. The first-order valence-electron chi connectivity index (χ1n) is 10.0. The average Bonchev–Trinajstić information content (AvgIpc) is 3.34. The Morgan fingerprint density at radius 3 is 2.61 bits per heavy atom. The van der Waals surface area contributed by atoms with E-state index in [1.54, 1.807) is 25.8 Å². The highest BCUT2D eigenvalue weighted by Crippen LogP contribution is 2.35. The van der Waals surface area contributed by atoms with Crippen LogP contribution < -0.4 is 5.56 Å². The number of likely N-dealkylation sites (tertiary alicyclic amines) is 1. The van der Waals surface area contributed by atoms with Gasteiger partial charge >= 0.3 is 6.18 Å². The summed E-state index contributed by atoms with van der Waals surface area (Å²) in [5.74, 6) is -0.472. The number of hydrogen-bond donors (Lipinski definition) is 0. The van der Waals surface area contributed by atoms with Crippen LogP contribution in [0.2, 0.25) is 0 Å². The quantitative estimate of drug-likeness (QED) is 0.633. The van der Waals surface area contributed by atoms with Gasteiger partial charge in [0.25, 0.3) is 5.91 Å². The minimum Gasteiger partial charge on any atom is -0.330 e. The van der Waals surface area contributed by atoms with Crippen molar-refractivity contribution < 1.29 is 18.0 Å². The molecule has 1 amide bonds. The molecule has 0 aliphatic carbocycles. The molecule has 1 fully saturated rings. The van der Waals surface area contributed by atoms with Gasteiger partial charge in [-0.05, 0) is 30.9 Å². The van der Waals surface area contributed by atoms with Gasteiger partial charge in [-0.25, -0.2) is 9.50 Å². The molecule has 1 aliphatic heterocycles. The molecular formula is C21H22F3N5O2. The van der Waals surface area contributed by atoms with Crippen molar-refractivity contribution in [1.82, 2.24) is 24.1 Å². The van der Waals surface area contributed by atoms with Gasteiger partial charge in [0.1, 0.15) is 5.69 Å². The summed E-state index contributed by atoms with van der Waals surface area (Å²) < 4.78 is 43.1. The molecular weight excluding hydrogens is 411 g/mol. The molecule has 0 radical (unpaired) electrons. The number of fused-ring (bicyclic) bond motifs is 1. The summed E-state index contributed by atoms with van der Waals surface area (Å²) in [5.41, 5.74) is 0.0253. The van der Waals surface area contributed by atoms with E-state index in [-0.39, 0.29) is 23.0 Å². The van der Waals surface area contributed by atoms with Crippen molar-refractivity contribution in [2.45, 2.75) is 44.8 Å². The molecule has 4 rings (SSSR count). The zero-order chi connectivity index (χ0) is 22.5. The van der Waals surface area contributed by atoms with Gasteiger partial charge in [-0.1, -0.05) is 13.8 Å². The van der Waals surface area contributed by atoms with E-state index in [9.17, 15) is 22.8 Å². The lowest BCUT2D eigenvalue weighted by molar-refractivity contribution is -0.142. The van der Waals surface area contributed by atoms with Crippen LogP contribution >= 0.6 is 0 Å². The average molecular weight is 433 g/mol. The maximum Gasteiger partial charge on any atom is 0.433 e. The Balaban J connectivity index is 1.76. The van der Waals surface area contributed by atoms with Crippen LogP contribution in [0.4, 0.5) is 13.2 Å². The number of carbonyl (C=O) groups is 1. The lowest BCUT2D eigenvalue weighted by atomic mass is 10.1. The first-order chi connectivity index (χ1) is 14.6. The Morgan fingerprint density at radius 1 is 1.23 bits per heavy atom. The van der Waals surface area contributed by atoms with E-state index in [0.717, 1.165) is 10.6 Å². The summed E-state index contributed by atoms with van der Waals surface area (Å²) in [5, 5.41) is 4.20. The van der Waals surface area contributed by atoms with E-state index >= 15 is 0 Å². The second-order valence-electron chi connectivity index (χ2n) is 8.08. The molecule has 0 aromatic carbocycles. The van der Waals surface area contributed by atoms with Gasteiger partial charge in [0.15, 0.2) is 5.65 Å². The van der Waals surface area contributed by atoms with Gasteiger partial charge < -0.3 is 9.47 Å². The number of hydrogen-bond acceptors (Lipinski definition) is 4. The largest absolute Gasteiger partial charge is 0.433 e. The molecule has 31 heavy (non-hydrogen) atoms. The smallest absolute Gasteiger partial charge is 0.330 e. The highest BCUT2D eigenvalue weighted by Gasteiger charge is 2.37. The maximum absolute atomic E-state index is 13.7. The fraction of sp³-hybridized carbons (Fsp3) is 0.429. The predicted octanol–water partition coefficient (Wildman–Crippen LogP) is 3.55. The molecule has 3 aromatic heterocycles. The van der Waals surface area contributed by atoms with Crippen molar-refractivity contribution in [2.75, 3.05) is 6.54 Å². The Hall–Kier alpha value is -3.17. The monoisotopic (exact) mass is 433 g/mol. The van der Waals surface area contributed by atoms with Crippen LogP contribution in [0, 0.1) is 0 Å². The minimum absolute atomic E-state index is 0.106. The zero-order valence-electron chi connectivity index (χ0n) is 17.3. The molecule has 0 saturated carbocycles. The fourth-order valence-electron chi connectivity index (χ4n) is 3.88. The Kier molecular flexibility index (Phi) is 5.10. The van der Waals surface area contributed by atoms with Crippen LogP contribution in [0.3, 0.4) is 0 Å². The number of pyridine rings is 1. The summed E-state index contributed by atoms with van der Waals surface area (Å²) in [6.07, 6.45) is -1.84. The number of amides is 1. The molecule has 0 unspecified atom stereocenters. The van der Waals surface area contributed by atoms with E-state index in [0.29, 0.717) is 36.3 Å². The maximum atomic E-state index is 13.7. The number of halogens is 3. The van der Waals surface area contributed by atoms with Crippen molar-refractivity contribution in [3.63, 3.8) is 0 Å². The van der Waals surface area contributed by atoms with Crippen LogP contribution in [-0.4, -0.2) is 36.5 Å². The van der Waals surface area contributed by atoms with E-state index < -0.39 is 17.9 Å². The van der Waals surface area contributed by atoms with Crippen molar-refractivity contribution in [2.24, 2.45) is 7.05 Å². The third kappa shape index (κ3) is 3.82. The second kappa shape index (κ2) is 7.51. The molecule has 1 saturated heterocycles. The minimum atomic E-state index is -4.59. The van der Waals surface area contributed by atoms with Gasteiger partial charge in [-0.15, -0.1) is 0 Å². The normalized spacial score (nSPS) is 17.1. The van der Waals surface area contributed by atoms with Crippen LogP contribution in [0.5, 0.6) is 0 Å².